The molecule has 0 bridgehead atoms. The molecule has 1 atom stereocenters. The molecule has 4 nitrogen and oxygen atoms in total. The van der Waals surface area contributed by atoms with E-state index in [1.807, 2.05) is 0 Å². The Morgan fingerprint density at radius 1 is 1.00 bits per heavy atom. The predicted octanol–water partition coefficient (Wildman–Crippen LogP) is 3.54. The highest BCUT2D eigenvalue weighted by atomic mass is 15.4. The van der Waals surface area contributed by atoms with E-state index >= 15 is 0 Å². The summed E-state index contributed by atoms with van der Waals surface area (Å²) in [5.41, 5.74) is 6.52. The molecule has 2 N–H and O–H groups in total. The molecule has 0 aromatic heterocycles. The van der Waals surface area contributed by atoms with Gasteiger partial charge in [-0.2, -0.15) is 10.2 Å². The van der Waals surface area contributed by atoms with Gasteiger partial charge in [0.25, 0.3) is 0 Å². The van der Waals surface area contributed by atoms with Crippen LogP contribution in [0.15, 0.2) is 10.2 Å². The highest BCUT2D eigenvalue weighted by molar-refractivity contribution is 4.74. The number of rotatable bonds is 6. The van der Waals surface area contributed by atoms with E-state index in [2.05, 4.69) is 76.5 Å². The lowest BCUT2D eigenvalue weighted by Crippen LogP contribution is -2.48. The highest BCUT2D eigenvalue weighted by Crippen LogP contribution is 2.12. The van der Waals surface area contributed by atoms with Crippen LogP contribution in [0.5, 0.6) is 0 Å². The second kappa shape index (κ2) is 7.19. The molecular formula is C14H32N4. The average Bonchev–Trinajstić information content (AvgIpc) is 2.09. The van der Waals surface area contributed by atoms with Crippen LogP contribution in [0.1, 0.15) is 61.8 Å². The summed E-state index contributed by atoms with van der Waals surface area (Å²) >= 11 is 0. The van der Waals surface area contributed by atoms with Crippen LogP contribution in [0.2, 0.25) is 0 Å². The van der Waals surface area contributed by atoms with Crippen LogP contribution < -0.4 is 10.9 Å². The minimum absolute atomic E-state index is 0.0730. The SMILES string of the molecule is CC(C)CC(CNNC(C)(C)C)N=NC(C)(C)C. The van der Waals surface area contributed by atoms with Crippen molar-refractivity contribution >= 4 is 0 Å². The third kappa shape index (κ3) is 12.0. The van der Waals surface area contributed by atoms with Crippen molar-refractivity contribution in [3.05, 3.63) is 0 Å². The number of nitrogens with one attached hydrogen (secondary N) is 2. The molecular weight excluding hydrogens is 224 g/mol. The first-order valence-corrected chi connectivity index (χ1v) is 6.91. The van der Waals surface area contributed by atoms with Crippen molar-refractivity contribution in [1.82, 2.24) is 10.9 Å². The molecule has 0 saturated heterocycles. The second-order valence-corrected chi connectivity index (χ2v) is 7.43. The average molecular weight is 256 g/mol. The molecule has 18 heavy (non-hydrogen) atoms. The maximum Gasteiger partial charge on any atom is 0.0849 e. The summed E-state index contributed by atoms with van der Waals surface area (Å²) in [4.78, 5) is 0. The summed E-state index contributed by atoms with van der Waals surface area (Å²) < 4.78 is 0. The molecule has 0 aromatic carbocycles. The van der Waals surface area contributed by atoms with Crippen molar-refractivity contribution < 1.29 is 0 Å². The molecule has 4 heteroatoms. The molecule has 0 amide bonds. The maximum absolute atomic E-state index is 4.48. The highest BCUT2D eigenvalue weighted by Gasteiger charge is 2.14. The first-order chi connectivity index (χ1) is 7.99. The minimum Gasteiger partial charge on any atom is -0.255 e. The number of nitrogens with zero attached hydrogens (tertiary/aromatic N) is 2. The van der Waals surface area contributed by atoms with Gasteiger partial charge in [0.15, 0.2) is 0 Å². The van der Waals surface area contributed by atoms with E-state index < -0.39 is 0 Å². The van der Waals surface area contributed by atoms with Gasteiger partial charge in [-0.05, 0) is 53.9 Å². The normalized spacial score (nSPS) is 15.6. The molecule has 0 rings (SSSR count). The molecule has 0 fully saturated rings. The number of hydrogen-bond donors (Lipinski definition) is 2. The summed E-state index contributed by atoms with van der Waals surface area (Å²) in [7, 11) is 0. The Morgan fingerprint density at radius 2 is 1.56 bits per heavy atom. The summed E-state index contributed by atoms with van der Waals surface area (Å²) in [5, 5.41) is 8.86. The van der Waals surface area contributed by atoms with Crippen LogP contribution >= 0.6 is 0 Å². The quantitative estimate of drug-likeness (QED) is 0.564. The van der Waals surface area contributed by atoms with Crippen LogP contribution in [-0.4, -0.2) is 23.7 Å². The molecule has 0 radical (unpaired) electrons. The van der Waals surface area contributed by atoms with E-state index in [0.717, 1.165) is 13.0 Å². The van der Waals surface area contributed by atoms with Crippen LogP contribution in [0.4, 0.5) is 0 Å². The fraction of sp³-hybridized carbons (Fsp3) is 1.00. The Labute approximate surface area is 113 Å². The van der Waals surface area contributed by atoms with E-state index in [0.29, 0.717) is 5.92 Å². The molecule has 0 saturated carbocycles. The van der Waals surface area contributed by atoms with Gasteiger partial charge in [0.05, 0.1) is 11.6 Å². The van der Waals surface area contributed by atoms with Gasteiger partial charge in [-0.25, -0.2) is 0 Å². The Morgan fingerprint density at radius 3 is 1.94 bits per heavy atom. The topological polar surface area (TPSA) is 48.8 Å². The van der Waals surface area contributed by atoms with Gasteiger partial charge in [0.2, 0.25) is 0 Å². The van der Waals surface area contributed by atoms with Gasteiger partial charge >= 0.3 is 0 Å². The zero-order valence-electron chi connectivity index (χ0n) is 13.5. The van der Waals surface area contributed by atoms with E-state index in [4.69, 9.17) is 0 Å². The third-order valence-corrected chi connectivity index (χ3v) is 2.07. The number of hydrogen-bond acceptors (Lipinski definition) is 4. The Balaban J connectivity index is 4.28. The van der Waals surface area contributed by atoms with E-state index in [9.17, 15) is 0 Å². The van der Waals surface area contributed by atoms with Crippen LogP contribution in [0.25, 0.3) is 0 Å². The summed E-state index contributed by atoms with van der Waals surface area (Å²) in [6, 6.07) is 0.235. The van der Waals surface area contributed by atoms with Gasteiger partial charge in [-0.15, -0.1) is 0 Å². The summed E-state index contributed by atoms with van der Waals surface area (Å²) in [6.45, 7) is 17.9. The second-order valence-electron chi connectivity index (χ2n) is 7.43. The van der Waals surface area contributed by atoms with Crippen molar-refractivity contribution in [2.24, 2.45) is 16.1 Å². The van der Waals surface area contributed by atoms with Crippen molar-refractivity contribution in [1.29, 1.82) is 0 Å². The lowest BCUT2D eigenvalue weighted by Gasteiger charge is -2.23. The van der Waals surface area contributed by atoms with Gasteiger partial charge in [-0.1, -0.05) is 13.8 Å². The lowest BCUT2D eigenvalue weighted by atomic mass is 10.0. The Bertz CT molecular complexity index is 246. The third-order valence-electron chi connectivity index (χ3n) is 2.07. The molecule has 0 aliphatic heterocycles. The van der Waals surface area contributed by atoms with Gasteiger partial charge in [-0.3, -0.25) is 10.9 Å². The first kappa shape index (κ1) is 17.5. The number of azo groups is 1. The molecule has 0 aromatic rings. The minimum atomic E-state index is -0.0906. The Kier molecular flexibility index (Phi) is 7.00. The van der Waals surface area contributed by atoms with E-state index in [-0.39, 0.29) is 17.1 Å². The van der Waals surface area contributed by atoms with Crippen LogP contribution in [0.3, 0.4) is 0 Å². The predicted molar refractivity (Wildman–Crippen MR) is 78.7 cm³/mol. The maximum atomic E-state index is 4.48. The van der Waals surface area contributed by atoms with E-state index in [1.54, 1.807) is 0 Å². The monoisotopic (exact) mass is 256 g/mol. The van der Waals surface area contributed by atoms with Crippen LogP contribution in [0, 0.1) is 5.92 Å². The fourth-order valence-corrected chi connectivity index (χ4v) is 1.40. The molecule has 108 valence electrons. The van der Waals surface area contributed by atoms with Gasteiger partial charge < -0.3 is 0 Å². The largest absolute Gasteiger partial charge is 0.255 e. The van der Waals surface area contributed by atoms with E-state index in [1.165, 1.54) is 0 Å². The molecule has 0 heterocycles. The van der Waals surface area contributed by atoms with Crippen molar-refractivity contribution in [2.75, 3.05) is 6.54 Å². The molecule has 0 aliphatic rings. The zero-order valence-corrected chi connectivity index (χ0v) is 13.5. The van der Waals surface area contributed by atoms with Gasteiger partial charge in [0, 0.05) is 12.1 Å². The smallest absolute Gasteiger partial charge is 0.0849 e. The van der Waals surface area contributed by atoms with Crippen molar-refractivity contribution in [3.63, 3.8) is 0 Å². The number of hydrazine groups is 1. The molecule has 0 aliphatic carbocycles. The summed E-state index contributed by atoms with van der Waals surface area (Å²) in [6.07, 6.45) is 1.05. The first-order valence-electron chi connectivity index (χ1n) is 6.91. The standard InChI is InChI=1S/C14H32N4/c1-11(2)9-12(16-18-14(6,7)8)10-15-17-13(3,4)5/h11-12,15,17H,9-10H2,1-8H3. The summed E-state index contributed by atoms with van der Waals surface area (Å²) in [5.74, 6) is 0.630. The lowest BCUT2D eigenvalue weighted by molar-refractivity contribution is 0.331. The Hall–Kier alpha value is -0.480. The molecule has 0 spiro atoms. The fourth-order valence-electron chi connectivity index (χ4n) is 1.40. The van der Waals surface area contributed by atoms with Crippen molar-refractivity contribution in [3.8, 4) is 0 Å². The van der Waals surface area contributed by atoms with Crippen molar-refractivity contribution in [2.45, 2.75) is 78.9 Å². The van der Waals surface area contributed by atoms with Crippen LogP contribution in [-0.2, 0) is 0 Å². The molecule has 1 unspecified atom stereocenters. The zero-order chi connectivity index (χ0) is 14.4. The van der Waals surface area contributed by atoms with Gasteiger partial charge in [0.1, 0.15) is 0 Å².